The molecule has 188 valence electrons. The molecular weight excluding hydrogens is 456 g/mol. The number of fused-ring (bicyclic) bond motifs is 1. The Morgan fingerprint density at radius 1 is 1.29 bits per heavy atom. The van der Waals surface area contributed by atoms with Crippen LogP contribution in [-0.4, -0.2) is 71.1 Å². The number of aromatic nitrogens is 4. The number of hydrogen-bond donors (Lipinski definition) is 1. The number of nitrogens with one attached hydrogen (secondary N) is 1. The van der Waals surface area contributed by atoms with Gasteiger partial charge in [0.25, 0.3) is 0 Å². The normalized spacial score (nSPS) is 17.7. The summed E-state index contributed by atoms with van der Waals surface area (Å²) in [6, 6.07) is 7.44. The van der Waals surface area contributed by atoms with Crippen LogP contribution in [0.25, 0.3) is 22.4 Å². The second-order valence-corrected chi connectivity index (χ2v) is 16.5. The average molecular weight is 495 g/mol. The Labute approximate surface area is 209 Å². The number of aldehydes is 1. The highest BCUT2D eigenvalue weighted by Gasteiger charge is 2.24. The van der Waals surface area contributed by atoms with Crippen LogP contribution in [0.5, 0.6) is 0 Å². The summed E-state index contributed by atoms with van der Waals surface area (Å²) in [4.78, 5) is 27.5. The van der Waals surface area contributed by atoms with Crippen molar-refractivity contribution in [3.8, 4) is 11.3 Å². The van der Waals surface area contributed by atoms with Gasteiger partial charge in [0.15, 0.2) is 5.65 Å². The van der Waals surface area contributed by atoms with E-state index in [2.05, 4.69) is 34.8 Å². The smallest absolute Gasteiger partial charge is 0.160 e. The van der Waals surface area contributed by atoms with E-state index in [0.717, 1.165) is 79.7 Å². The van der Waals surface area contributed by atoms with Crippen molar-refractivity contribution in [3.05, 3.63) is 36.8 Å². The Balaban J connectivity index is 1.41. The van der Waals surface area contributed by atoms with Crippen LogP contribution in [0.15, 0.2) is 36.8 Å². The van der Waals surface area contributed by atoms with E-state index in [9.17, 15) is 4.79 Å². The first-order chi connectivity index (χ1) is 16.8. The van der Waals surface area contributed by atoms with Gasteiger partial charge in [-0.15, -0.1) is 0 Å². The second kappa shape index (κ2) is 11.4. The largest absolute Gasteiger partial charge is 0.365 e. The van der Waals surface area contributed by atoms with E-state index in [-0.39, 0.29) is 5.92 Å². The number of anilines is 1. The molecule has 0 radical (unpaired) electrons. The Morgan fingerprint density at radius 2 is 2.14 bits per heavy atom. The zero-order valence-corrected chi connectivity index (χ0v) is 22.4. The predicted molar refractivity (Wildman–Crippen MR) is 143 cm³/mol. The van der Waals surface area contributed by atoms with Crippen molar-refractivity contribution in [3.63, 3.8) is 0 Å². The van der Waals surface area contributed by atoms with Crippen LogP contribution in [0.4, 0.5) is 5.82 Å². The maximum Gasteiger partial charge on any atom is 0.160 e. The molecule has 1 aliphatic heterocycles. The van der Waals surface area contributed by atoms with Crippen LogP contribution in [-0.2, 0) is 16.3 Å². The van der Waals surface area contributed by atoms with Gasteiger partial charge >= 0.3 is 0 Å². The number of rotatable bonds is 12. The summed E-state index contributed by atoms with van der Waals surface area (Å²) >= 11 is 0. The lowest BCUT2D eigenvalue weighted by Crippen LogP contribution is -2.28. The van der Waals surface area contributed by atoms with Crippen molar-refractivity contribution in [2.75, 3.05) is 31.6 Å². The fourth-order valence-corrected chi connectivity index (χ4v) is 5.02. The highest BCUT2D eigenvalue weighted by atomic mass is 28.3. The van der Waals surface area contributed by atoms with Crippen LogP contribution in [0, 0.1) is 5.92 Å². The number of ether oxygens (including phenoxy) is 1. The Hall–Kier alpha value is -2.62. The van der Waals surface area contributed by atoms with Gasteiger partial charge in [-0.3, -0.25) is 0 Å². The molecule has 3 aromatic heterocycles. The van der Waals surface area contributed by atoms with E-state index in [1.54, 1.807) is 0 Å². The maximum atomic E-state index is 10.9. The quantitative estimate of drug-likeness (QED) is 0.225. The van der Waals surface area contributed by atoms with Gasteiger partial charge in [0.2, 0.25) is 0 Å². The predicted octanol–water partition coefficient (Wildman–Crippen LogP) is 4.52. The number of pyridine rings is 1. The summed E-state index contributed by atoms with van der Waals surface area (Å²) in [5.41, 5.74) is 3.44. The van der Waals surface area contributed by atoms with Gasteiger partial charge in [0, 0.05) is 57.7 Å². The summed E-state index contributed by atoms with van der Waals surface area (Å²) < 4.78 is 7.92. The summed E-state index contributed by atoms with van der Waals surface area (Å²) in [6.45, 7) is 13.3. The molecule has 4 rings (SSSR count). The Kier molecular flexibility index (Phi) is 8.30. The minimum atomic E-state index is -1.10. The molecule has 0 amide bonds. The van der Waals surface area contributed by atoms with Gasteiger partial charge in [-0.25, -0.2) is 15.0 Å². The number of carbonyl (C=O) groups is 1. The zero-order valence-electron chi connectivity index (χ0n) is 21.4. The van der Waals surface area contributed by atoms with Gasteiger partial charge in [-0.1, -0.05) is 26.6 Å². The SMILES string of the molecule is CC(C=O)CCN1CC[C@@H](Nc2ncccc2-c2cnc3c(ccn3COCC[Si](C)(C)C)n2)C1. The molecule has 0 aromatic carbocycles. The Bertz CT molecular complexity index is 1130. The fraction of sp³-hybridized carbons (Fsp3) is 0.538. The van der Waals surface area contributed by atoms with Crippen molar-refractivity contribution in [1.29, 1.82) is 0 Å². The van der Waals surface area contributed by atoms with Crippen LogP contribution in [0.3, 0.4) is 0 Å². The van der Waals surface area contributed by atoms with Gasteiger partial charge in [-0.2, -0.15) is 0 Å². The monoisotopic (exact) mass is 494 g/mol. The number of likely N-dealkylation sites (tertiary alicyclic amines) is 1. The molecule has 3 aromatic rings. The summed E-state index contributed by atoms with van der Waals surface area (Å²) in [5, 5.41) is 3.63. The highest BCUT2D eigenvalue weighted by molar-refractivity contribution is 6.76. The molecule has 9 heteroatoms. The fourth-order valence-electron chi connectivity index (χ4n) is 4.26. The summed E-state index contributed by atoms with van der Waals surface area (Å²) in [6.07, 6.45) is 8.62. The second-order valence-electron chi connectivity index (χ2n) is 10.8. The average Bonchev–Trinajstić information content (AvgIpc) is 3.46. The molecule has 1 fully saturated rings. The van der Waals surface area contributed by atoms with Crippen LogP contribution >= 0.6 is 0 Å². The maximum absolute atomic E-state index is 10.9. The summed E-state index contributed by atoms with van der Waals surface area (Å²) in [7, 11) is -1.10. The van der Waals surface area contributed by atoms with E-state index >= 15 is 0 Å². The molecule has 1 saturated heterocycles. The molecule has 0 spiro atoms. The molecule has 1 aliphatic rings. The van der Waals surface area contributed by atoms with Crippen molar-refractivity contribution in [2.24, 2.45) is 5.92 Å². The van der Waals surface area contributed by atoms with E-state index in [1.165, 1.54) is 0 Å². The molecule has 4 heterocycles. The minimum absolute atomic E-state index is 0.115. The van der Waals surface area contributed by atoms with Gasteiger partial charge in [0.05, 0.1) is 11.9 Å². The van der Waals surface area contributed by atoms with Crippen molar-refractivity contribution >= 4 is 31.3 Å². The van der Waals surface area contributed by atoms with Gasteiger partial charge in [0.1, 0.15) is 24.4 Å². The van der Waals surface area contributed by atoms with E-state index in [1.807, 2.05) is 48.3 Å². The van der Waals surface area contributed by atoms with E-state index in [0.29, 0.717) is 12.8 Å². The number of carbonyl (C=O) groups excluding carboxylic acids is 1. The van der Waals surface area contributed by atoms with Crippen LogP contribution < -0.4 is 5.32 Å². The lowest BCUT2D eigenvalue weighted by atomic mass is 10.1. The Morgan fingerprint density at radius 3 is 2.94 bits per heavy atom. The van der Waals surface area contributed by atoms with E-state index in [4.69, 9.17) is 14.7 Å². The molecule has 8 nitrogen and oxygen atoms in total. The summed E-state index contributed by atoms with van der Waals surface area (Å²) in [5.74, 6) is 0.952. The first-order valence-corrected chi connectivity index (χ1v) is 16.3. The highest BCUT2D eigenvalue weighted by Crippen LogP contribution is 2.27. The van der Waals surface area contributed by atoms with Crippen LogP contribution in [0.2, 0.25) is 25.7 Å². The number of nitrogens with zero attached hydrogens (tertiary/aromatic N) is 5. The molecular formula is C26H38N6O2Si. The number of hydrogen-bond acceptors (Lipinski definition) is 7. The zero-order chi connectivity index (χ0) is 24.8. The third-order valence-electron chi connectivity index (χ3n) is 6.52. The standard InChI is InChI=1S/C26H38N6O2Si/c1-20(18-33)7-11-31-12-8-21(17-31)29-25-22(6-5-10-27-25)24-16-28-26-23(30-24)9-13-32(26)19-34-14-15-35(2,3)4/h5-6,9-10,13,16,18,20-21H,7-8,11-12,14-15,17,19H2,1-4H3,(H,27,29)/t20?,21-/m1/s1. The lowest BCUT2D eigenvalue weighted by molar-refractivity contribution is -0.110. The van der Waals surface area contributed by atoms with Crippen molar-refractivity contribution < 1.29 is 9.53 Å². The third kappa shape index (κ3) is 6.96. The van der Waals surface area contributed by atoms with Crippen LogP contribution in [0.1, 0.15) is 19.8 Å². The van der Waals surface area contributed by atoms with Gasteiger partial charge < -0.3 is 24.3 Å². The molecule has 2 atom stereocenters. The topological polar surface area (TPSA) is 85.2 Å². The van der Waals surface area contributed by atoms with Crippen molar-refractivity contribution in [2.45, 2.75) is 58.2 Å². The molecule has 1 unspecified atom stereocenters. The third-order valence-corrected chi connectivity index (χ3v) is 8.22. The van der Waals surface area contributed by atoms with Crippen molar-refractivity contribution in [1.82, 2.24) is 24.4 Å². The lowest BCUT2D eigenvalue weighted by Gasteiger charge is -2.18. The molecule has 0 saturated carbocycles. The first kappa shape index (κ1) is 25.5. The molecule has 0 aliphatic carbocycles. The molecule has 0 bridgehead atoms. The van der Waals surface area contributed by atoms with Gasteiger partial charge in [-0.05, 0) is 43.6 Å². The first-order valence-electron chi connectivity index (χ1n) is 12.6. The minimum Gasteiger partial charge on any atom is -0.365 e. The molecule has 1 N–H and O–H groups in total. The molecule has 35 heavy (non-hydrogen) atoms. The van der Waals surface area contributed by atoms with E-state index < -0.39 is 8.07 Å².